The van der Waals surface area contributed by atoms with E-state index in [4.69, 9.17) is 9.47 Å². The molecular formula is C42H48O4P2. The first-order chi connectivity index (χ1) is 23.5. The van der Waals surface area contributed by atoms with Crippen LogP contribution in [-0.2, 0) is 9.47 Å². The minimum atomic E-state index is -0.849. The van der Waals surface area contributed by atoms with Crippen molar-refractivity contribution in [1.29, 1.82) is 0 Å². The molecule has 4 aromatic carbocycles. The van der Waals surface area contributed by atoms with Crippen molar-refractivity contribution in [1.82, 2.24) is 0 Å². The number of carbonyl (C=O) groups is 2. The number of esters is 2. The van der Waals surface area contributed by atoms with Crippen LogP contribution in [0.1, 0.15) is 118 Å². The summed E-state index contributed by atoms with van der Waals surface area (Å²) in [6.45, 7) is 0. The maximum atomic E-state index is 13.8. The molecule has 0 radical (unpaired) electrons. The van der Waals surface area contributed by atoms with E-state index in [1.54, 1.807) is 0 Å². The normalized spacial score (nSPS) is 22.3. The topological polar surface area (TPSA) is 52.6 Å². The average molecular weight is 679 g/mol. The van der Waals surface area contributed by atoms with Crippen LogP contribution in [0.2, 0.25) is 0 Å². The number of ether oxygens (including phenoxy) is 2. The Balaban J connectivity index is 1.21. The summed E-state index contributed by atoms with van der Waals surface area (Å²) in [5.74, 6) is 1.78. The van der Waals surface area contributed by atoms with Crippen molar-refractivity contribution in [2.45, 2.75) is 75.4 Å². The Labute approximate surface area is 290 Å². The molecule has 4 aromatic rings. The quantitative estimate of drug-likeness (QED) is 0.117. The molecule has 2 aliphatic carbocycles. The molecule has 0 amide bonds. The fourth-order valence-corrected chi connectivity index (χ4v) is 8.45. The Morgan fingerprint density at radius 2 is 0.833 bits per heavy atom. The van der Waals surface area contributed by atoms with E-state index < -0.39 is 24.1 Å². The van der Waals surface area contributed by atoms with Crippen LogP contribution < -0.4 is 0 Å². The number of benzene rings is 4. The summed E-state index contributed by atoms with van der Waals surface area (Å²) in [6, 6.07) is 34.9. The lowest BCUT2D eigenvalue weighted by molar-refractivity contribution is -0.0388. The maximum absolute atomic E-state index is 13.8. The summed E-state index contributed by atoms with van der Waals surface area (Å²) in [5.41, 5.74) is 5.04. The van der Waals surface area contributed by atoms with E-state index in [0.717, 1.165) is 23.0 Å². The van der Waals surface area contributed by atoms with E-state index in [1.807, 2.05) is 84.9 Å². The van der Waals surface area contributed by atoms with Gasteiger partial charge in [-0.05, 0) is 134 Å². The van der Waals surface area contributed by atoms with Gasteiger partial charge in [-0.15, -0.1) is 18.5 Å². The second-order valence-electron chi connectivity index (χ2n) is 13.6. The molecule has 6 rings (SSSR count). The van der Waals surface area contributed by atoms with Crippen LogP contribution in [0, 0.1) is 11.8 Å². The second-order valence-corrected chi connectivity index (χ2v) is 14.6. The fraction of sp³-hybridized carbons (Fsp3) is 0.381. The maximum Gasteiger partial charge on any atom is 0.338 e. The van der Waals surface area contributed by atoms with Gasteiger partial charge < -0.3 is 9.47 Å². The zero-order valence-corrected chi connectivity index (χ0v) is 30.0. The van der Waals surface area contributed by atoms with Crippen LogP contribution in [0.4, 0.5) is 0 Å². The van der Waals surface area contributed by atoms with Gasteiger partial charge in [-0.1, -0.05) is 84.9 Å². The first-order valence-corrected chi connectivity index (χ1v) is 19.3. The average Bonchev–Trinajstić information content (AvgIpc) is 3.17. The van der Waals surface area contributed by atoms with Crippen LogP contribution in [0.5, 0.6) is 0 Å². The van der Waals surface area contributed by atoms with Crippen LogP contribution >= 0.6 is 18.5 Å². The fourth-order valence-electron chi connectivity index (χ4n) is 7.51. The van der Waals surface area contributed by atoms with Crippen LogP contribution in [0.15, 0.2) is 109 Å². The summed E-state index contributed by atoms with van der Waals surface area (Å²) < 4.78 is 12.6. The van der Waals surface area contributed by atoms with Crippen LogP contribution in [0.25, 0.3) is 0 Å². The second kappa shape index (κ2) is 16.9. The minimum absolute atomic E-state index is 0.445. The summed E-state index contributed by atoms with van der Waals surface area (Å²) in [4.78, 5) is 27.5. The molecular weight excluding hydrogens is 630 g/mol. The summed E-state index contributed by atoms with van der Waals surface area (Å²) in [7, 11) is 5.77. The van der Waals surface area contributed by atoms with Gasteiger partial charge in [-0.25, -0.2) is 9.59 Å². The molecule has 4 atom stereocenters. The summed E-state index contributed by atoms with van der Waals surface area (Å²) >= 11 is 0. The molecule has 2 fully saturated rings. The Morgan fingerprint density at radius 3 is 1.15 bits per heavy atom. The van der Waals surface area contributed by atoms with E-state index in [0.29, 0.717) is 23.0 Å². The first kappa shape index (κ1) is 34.5. The van der Waals surface area contributed by atoms with E-state index in [2.05, 4.69) is 42.7 Å². The van der Waals surface area contributed by atoms with Crippen molar-refractivity contribution in [2.24, 2.45) is 11.8 Å². The molecule has 2 aliphatic rings. The van der Waals surface area contributed by atoms with Gasteiger partial charge in [-0.2, -0.15) is 0 Å². The molecule has 0 aliphatic heterocycles. The molecule has 2 unspecified atom stereocenters. The summed E-state index contributed by atoms with van der Waals surface area (Å²) in [5, 5.41) is 0. The van der Waals surface area contributed by atoms with E-state index in [-0.39, 0.29) is 0 Å². The van der Waals surface area contributed by atoms with E-state index >= 15 is 0 Å². The van der Waals surface area contributed by atoms with Gasteiger partial charge >= 0.3 is 11.9 Å². The third kappa shape index (κ3) is 8.63. The third-order valence-corrected chi connectivity index (χ3v) is 11.9. The van der Waals surface area contributed by atoms with Crippen LogP contribution in [0.3, 0.4) is 0 Å². The lowest BCUT2D eigenvalue weighted by Gasteiger charge is -2.29. The van der Waals surface area contributed by atoms with Crippen molar-refractivity contribution in [3.63, 3.8) is 0 Å². The molecule has 250 valence electrons. The molecule has 0 N–H and O–H groups in total. The van der Waals surface area contributed by atoms with Crippen molar-refractivity contribution < 1.29 is 19.1 Å². The highest BCUT2D eigenvalue weighted by atomic mass is 31.0. The lowest BCUT2D eigenvalue weighted by atomic mass is 9.79. The van der Waals surface area contributed by atoms with Gasteiger partial charge in [-0.3, -0.25) is 0 Å². The number of rotatable bonds is 11. The third-order valence-electron chi connectivity index (χ3n) is 10.6. The number of hydrogen-bond donors (Lipinski definition) is 0. The molecule has 4 nitrogen and oxygen atoms in total. The Bertz CT molecular complexity index is 1470. The molecule has 0 saturated heterocycles. The SMILES string of the molecule is O=C(O[C@@H](c1ccccc1)[C@@H](OC(=O)c1ccc(C2CCC(CP)CC2)cc1)c1ccccc1)c1ccc(C2CCC(CP)CC2)cc1. The van der Waals surface area contributed by atoms with Gasteiger partial charge in [0.05, 0.1) is 11.1 Å². The molecule has 0 spiro atoms. The van der Waals surface area contributed by atoms with Gasteiger partial charge in [0.25, 0.3) is 0 Å². The molecule has 6 heteroatoms. The molecule has 0 bridgehead atoms. The van der Waals surface area contributed by atoms with Crippen molar-refractivity contribution in [2.75, 3.05) is 12.3 Å². The highest BCUT2D eigenvalue weighted by Gasteiger charge is 2.33. The lowest BCUT2D eigenvalue weighted by Crippen LogP contribution is -2.23. The first-order valence-electron chi connectivity index (χ1n) is 17.6. The standard InChI is InChI=1S/C42H48O4P2/c43-41(37-23-19-33(20-24-37)31-15-11-29(27-47)12-16-31)45-39(35-7-3-1-4-8-35)40(36-9-5-2-6-10-36)46-42(44)38-25-21-34(22-26-38)32-17-13-30(28-48)14-18-32/h1-10,19-26,29-32,39-40H,11-18,27-28,47-48H2/t29?,30?,31?,32?,39-,40-/m0/s1. The zero-order valence-electron chi connectivity index (χ0n) is 27.7. The monoisotopic (exact) mass is 678 g/mol. The van der Waals surface area contributed by atoms with Gasteiger partial charge in [0.1, 0.15) is 0 Å². The molecule has 2 saturated carbocycles. The van der Waals surface area contributed by atoms with Crippen LogP contribution in [-0.4, -0.2) is 24.3 Å². The number of hydrogen-bond acceptors (Lipinski definition) is 4. The van der Waals surface area contributed by atoms with Crippen molar-refractivity contribution >= 4 is 30.4 Å². The van der Waals surface area contributed by atoms with E-state index in [9.17, 15) is 9.59 Å². The Hall–Kier alpha value is -3.32. The summed E-state index contributed by atoms with van der Waals surface area (Å²) in [6.07, 6.45) is 10.4. The zero-order chi connectivity index (χ0) is 33.3. The van der Waals surface area contributed by atoms with Gasteiger partial charge in [0, 0.05) is 0 Å². The predicted octanol–water partition coefficient (Wildman–Crippen LogP) is 10.5. The predicted molar refractivity (Wildman–Crippen MR) is 201 cm³/mol. The molecule has 0 aromatic heterocycles. The largest absolute Gasteiger partial charge is 0.450 e. The highest BCUT2D eigenvalue weighted by Crippen LogP contribution is 2.40. The Morgan fingerprint density at radius 1 is 0.500 bits per heavy atom. The number of carbonyl (C=O) groups excluding carboxylic acids is 2. The van der Waals surface area contributed by atoms with Crippen molar-refractivity contribution in [3.05, 3.63) is 143 Å². The smallest absolute Gasteiger partial charge is 0.338 e. The van der Waals surface area contributed by atoms with Crippen molar-refractivity contribution in [3.8, 4) is 0 Å². The highest BCUT2D eigenvalue weighted by molar-refractivity contribution is 7.16. The molecule has 0 heterocycles. The minimum Gasteiger partial charge on any atom is -0.450 e. The van der Waals surface area contributed by atoms with Gasteiger partial charge in [0.15, 0.2) is 12.2 Å². The Kier molecular flexibility index (Phi) is 12.1. The van der Waals surface area contributed by atoms with E-state index in [1.165, 1.54) is 74.8 Å². The molecule has 48 heavy (non-hydrogen) atoms. The van der Waals surface area contributed by atoms with Gasteiger partial charge in [0.2, 0.25) is 0 Å².